The van der Waals surface area contributed by atoms with Crippen molar-refractivity contribution < 1.29 is 9.59 Å². The second kappa shape index (κ2) is 5.65. The Balaban J connectivity index is 1.95. The first-order chi connectivity index (χ1) is 9.08. The van der Waals surface area contributed by atoms with Crippen LogP contribution in [0.5, 0.6) is 0 Å². The molecule has 1 aliphatic rings. The number of carbonyl (C=O) groups excluding carboxylic acids is 2. The fourth-order valence-electron chi connectivity index (χ4n) is 2.12. The number of carbonyl (C=O) groups is 2. The molecule has 5 heteroatoms. The number of amides is 3. The Morgan fingerprint density at radius 1 is 1.26 bits per heavy atom. The smallest absolute Gasteiger partial charge is 0.309 e. The maximum absolute atomic E-state index is 11.8. The van der Waals surface area contributed by atoms with Crippen LogP contribution in [0, 0.1) is 0 Å². The van der Waals surface area contributed by atoms with Crippen molar-refractivity contribution in [2.75, 3.05) is 12.3 Å². The maximum Gasteiger partial charge on any atom is 0.325 e. The second-order valence-corrected chi connectivity index (χ2v) is 5.87. The third-order valence-electron chi connectivity index (χ3n) is 3.57. The molecule has 1 saturated heterocycles. The van der Waals surface area contributed by atoms with Crippen LogP contribution in [0.3, 0.4) is 0 Å². The number of rotatable bonds is 5. The lowest BCUT2D eigenvalue weighted by Crippen LogP contribution is -2.47. The van der Waals surface area contributed by atoms with Crippen LogP contribution in [0.1, 0.15) is 20.3 Å². The monoisotopic (exact) mass is 278 g/mol. The van der Waals surface area contributed by atoms with Crippen molar-refractivity contribution in [3.05, 3.63) is 30.3 Å². The summed E-state index contributed by atoms with van der Waals surface area (Å²) in [7, 11) is 0. The Hall–Kier alpha value is -1.49. The second-order valence-electron chi connectivity index (χ2n) is 4.70. The number of hydrogen-bond donors (Lipinski definition) is 1. The highest BCUT2D eigenvalue weighted by molar-refractivity contribution is 7.99. The Morgan fingerprint density at radius 3 is 2.58 bits per heavy atom. The molecule has 0 bridgehead atoms. The van der Waals surface area contributed by atoms with Gasteiger partial charge in [-0.25, -0.2) is 4.79 Å². The molecule has 0 aliphatic carbocycles. The molecule has 1 atom stereocenters. The third-order valence-corrected chi connectivity index (χ3v) is 4.56. The van der Waals surface area contributed by atoms with Crippen molar-refractivity contribution in [3.63, 3.8) is 0 Å². The first-order valence-corrected chi connectivity index (χ1v) is 7.37. The average molecular weight is 278 g/mol. The summed E-state index contributed by atoms with van der Waals surface area (Å²) in [6, 6.07) is 9.76. The molecule has 19 heavy (non-hydrogen) atoms. The molecule has 2 rings (SSSR count). The fraction of sp³-hybridized carbons (Fsp3) is 0.429. The van der Waals surface area contributed by atoms with Crippen molar-refractivity contribution in [1.29, 1.82) is 0 Å². The Bertz CT molecular complexity index is 478. The summed E-state index contributed by atoms with van der Waals surface area (Å²) in [4.78, 5) is 26.4. The molecule has 4 nitrogen and oxygen atoms in total. The summed E-state index contributed by atoms with van der Waals surface area (Å²) in [5, 5.41) is 2.40. The minimum absolute atomic E-state index is 0.190. The Labute approximate surface area is 117 Å². The first-order valence-electron chi connectivity index (χ1n) is 6.39. The molecule has 0 aromatic heterocycles. The van der Waals surface area contributed by atoms with E-state index in [2.05, 4.69) is 5.32 Å². The standard InChI is InChI=1S/C14H18N2O2S/c1-3-14(2)12(17)15-13(18)16(14)9-10-19-11-7-5-4-6-8-11/h4-8H,3,9-10H2,1-2H3,(H,15,17,18). The predicted octanol–water partition coefficient (Wildman–Crippen LogP) is 2.50. The number of thioether (sulfide) groups is 1. The first kappa shape index (κ1) is 13.9. The highest BCUT2D eigenvalue weighted by atomic mass is 32.2. The molecule has 0 spiro atoms. The zero-order chi connectivity index (χ0) is 13.9. The van der Waals surface area contributed by atoms with Gasteiger partial charge >= 0.3 is 6.03 Å². The molecule has 1 aromatic rings. The largest absolute Gasteiger partial charge is 0.325 e. The van der Waals surface area contributed by atoms with E-state index in [9.17, 15) is 9.59 Å². The molecule has 3 amide bonds. The van der Waals surface area contributed by atoms with Crippen LogP contribution in [0.15, 0.2) is 35.2 Å². The van der Waals surface area contributed by atoms with Gasteiger partial charge in [-0.2, -0.15) is 0 Å². The number of nitrogens with one attached hydrogen (secondary N) is 1. The van der Waals surface area contributed by atoms with Gasteiger partial charge in [0.2, 0.25) is 0 Å². The highest BCUT2D eigenvalue weighted by Crippen LogP contribution is 2.26. The lowest BCUT2D eigenvalue weighted by Gasteiger charge is -2.30. The Morgan fingerprint density at radius 2 is 1.95 bits per heavy atom. The SMILES string of the molecule is CCC1(C)C(=O)NC(=O)N1CCSc1ccccc1. The molecule has 1 unspecified atom stereocenters. The van der Waals surface area contributed by atoms with E-state index in [0.29, 0.717) is 13.0 Å². The summed E-state index contributed by atoms with van der Waals surface area (Å²) >= 11 is 1.69. The van der Waals surface area contributed by atoms with Crippen molar-refractivity contribution in [2.24, 2.45) is 0 Å². The molecule has 102 valence electrons. The summed E-state index contributed by atoms with van der Waals surface area (Å²) in [6.45, 7) is 4.32. The van der Waals surface area contributed by atoms with E-state index >= 15 is 0 Å². The number of urea groups is 1. The summed E-state index contributed by atoms with van der Waals surface area (Å²) in [6.07, 6.45) is 0.626. The van der Waals surface area contributed by atoms with Crippen LogP contribution in [0.25, 0.3) is 0 Å². The van der Waals surface area contributed by atoms with Crippen LogP contribution in [-0.2, 0) is 4.79 Å². The normalized spacial score (nSPS) is 22.7. The van der Waals surface area contributed by atoms with E-state index in [-0.39, 0.29) is 11.9 Å². The van der Waals surface area contributed by atoms with Crippen LogP contribution >= 0.6 is 11.8 Å². The van der Waals surface area contributed by atoms with Crippen LogP contribution in [-0.4, -0.2) is 34.7 Å². The third kappa shape index (κ3) is 2.76. The molecule has 1 N–H and O–H groups in total. The zero-order valence-electron chi connectivity index (χ0n) is 11.2. The van der Waals surface area contributed by atoms with E-state index in [1.165, 1.54) is 4.90 Å². The van der Waals surface area contributed by atoms with Crippen molar-refractivity contribution in [3.8, 4) is 0 Å². The lowest BCUT2D eigenvalue weighted by atomic mass is 9.98. The van der Waals surface area contributed by atoms with Crippen LogP contribution < -0.4 is 5.32 Å². The zero-order valence-corrected chi connectivity index (χ0v) is 12.0. The topological polar surface area (TPSA) is 49.4 Å². The quantitative estimate of drug-likeness (QED) is 0.665. The van der Waals surface area contributed by atoms with Gasteiger partial charge in [0, 0.05) is 17.2 Å². The molecule has 0 saturated carbocycles. The number of imide groups is 1. The number of nitrogens with zero attached hydrogens (tertiary/aromatic N) is 1. The molecular weight excluding hydrogens is 260 g/mol. The van der Waals surface area contributed by atoms with Gasteiger partial charge < -0.3 is 4.90 Å². The molecule has 0 radical (unpaired) electrons. The number of hydrogen-bond acceptors (Lipinski definition) is 3. The van der Waals surface area contributed by atoms with Gasteiger partial charge in [0.25, 0.3) is 5.91 Å². The van der Waals surface area contributed by atoms with Crippen molar-refractivity contribution in [2.45, 2.75) is 30.7 Å². The highest BCUT2D eigenvalue weighted by Gasteiger charge is 2.47. The molecular formula is C14H18N2O2S. The molecule has 1 aliphatic heterocycles. The van der Waals surface area contributed by atoms with E-state index < -0.39 is 5.54 Å². The Kier molecular flexibility index (Phi) is 4.14. The van der Waals surface area contributed by atoms with Crippen molar-refractivity contribution in [1.82, 2.24) is 10.2 Å². The van der Waals surface area contributed by atoms with E-state index in [0.717, 1.165) is 5.75 Å². The van der Waals surface area contributed by atoms with Crippen molar-refractivity contribution >= 4 is 23.7 Å². The van der Waals surface area contributed by atoms with Gasteiger partial charge in [-0.15, -0.1) is 11.8 Å². The predicted molar refractivity (Wildman–Crippen MR) is 76.1 cm³/mol. The van der Waals surface area contributed by atoms with E-state index in [1.807, 2.05) is 44.2 Å². The van der Waals surface area contributed by atoms with E-state index in [1.54, 1.807) is 16.7 Å². The van der Waals surface area contributed by atoms with Crippen LogP contribution in [0.4, 0.5) is 4.79 Å². The number of benzene rings is 1. The van der Waals surface area contributed by atoms with Gasteiger partial charge in [-0.05, 0) is 25.5 Å². The summed E-state index contributed by atoms with van der Waals surface area (Å²) < 4.78 is 0. The van der Waals surface area contributed by atoms with Gasteiger partial charge in [0.15, 0.2) is 0 Å². The maximum atomic E-state index is 11.8. The van der Waals surface area contributed by atoms with Gasteiger partial charge in [0.1, 0.15) is 5.54 Å². The molecule has 1 heterocycles. The van der Waals surface area contributed by atoms with Gasteiger partial charge in [-0.3, -0.25) is 10.1 Å². The van der Waals surface area contributed by atoms with Gasteiger partial charge in [0.05, 0.1) is 0 Å². The average Bonchev–Trinajstić information content (AvgIpc) is 2.64. The van der Waals surface area contributed by atoms with Crippen LogP contribution in [0.2, 0.25) is 0 Å². The lowest BCUT2D eigenvalue weighted by molar-refractivity contribution is -0.125. The minimum atomic E-state index is -0.700. The fourth-order valence-corrected chi connectivity index (χ4v) is 2.98. The van der Waals surface area contributed by atoms with E-state index in [4.69, 9.17) is 0 Å². The summed E-state index contributed by atoms with van der Waals surface area (Å²) in [5.41, 5.74) is -0.700. The molecule has 1 aromatic carbocycles. The van der Waals surface area contributed by atoms with Gasteiger partial charge in [-0.1, -0.05) is 25.1 Å². The minimum Gasteiger partial charge on any atom is -0.309 e. The molecule has 1 fully saturated rings. The summed E-state index contributed by atoms with van der Waals surface area (Å²) in [5.74, 6) is 0.588.